The summed E-state index contributed by atoms with van der Waals surface area (Å²) in [6.45, 7) is 2.58. The van der Waals surface area contributed by atoms with Gasteiger partial charge in [0.25, 0.3) is 0 Å². The third-order valence-electron chi connectivity index (χ3n) is 5.26. The van der Waals surface area contributed by atoms with Crippen molar-refractivity contribution in [2.45, 2.75) is 49.0 Å². The van der Waals surface area contributed by atoms with Crippen LogP contribution in [0.25, 0.3) is 0 Å². The second kappa shape index (κ2) is 14.2. The molecule has 0 aliphatic heterocycles. The highest BCUT2D eigenvalue weighted by Gasteiger charge is 2.07. The Morgan fingerprint density at radius 2 is 1.76 bits per heavy atom. The van der Waals surface area contributed by atoms with Crippen LogP contribution in [0, 0.1) is 0 Å². The summed E-state index contributed by atoms with van der Waals surface area (Å²) in [4.78, 5) is 2.19. The number of nitrogens with two attached hydrogens (primary N) is 1. The summed E-state index contributed by atoms with van der Waals surface area (Å²) >= 11 is 8.22. The molecule has 0 spiro atoms. The second-order valence-electron chi connectivity index (χ2n) is 7.60. The smallest absolute Gasteiger partial charge is 0.120 e. The number of halogens is 2. The number of rotatable bonds is 11. The Morgan fingerprint density at radius 3 is 2.45 bits per heavy atom. The lowest BCUT2D eigenvalue weighted by Gasteiger charge is -2.11. The summed E-state index contributed by atoms with van der Waals surface area (Å²) < 4.78 is 5.94. The van der Waals surface area contributed by atoms with E-state index in [1.54, 1.807) is 11.8 Å². The third-order valence-corrected chi connectivity index (χ3v) is 6.60. The van der Waals surface area contributed by atoms with Crippen LogP contribution in [0.1, 0.15) is 37.3 Å². The zero-order valence-electron chi connectivity index (χ0n) is 18.8. The fraction of sp³-hybridized carbons (Fsp3) is 0.259. The average molecular weight is 505 g/mol. The molecule has 3 aromatic carbocycles. The van der Waals surface area contributed by atoms with Gasteiger partial charge in [0.2, 0.25) is 0 Å². The quantitative estimate of drug-likeness (QED) is 0.285. The molecule has 3 aromatic rings. The summed E-state index contributed by atoms with van der Waals surface area (Å²) in [6, 6.07) is 24.5. The van der Waals surface area contributed by atoms with Gasteiger partial charge in [-0.3, -0.25) is 0 Å². The van der Waals surface area contributed by atoms with Gasteiger partial charge in [0, 0.05) is 20.5 Å². The zero-order chi connectivity index (χ0) is 22.8. The Morgan fingerprint density at radius 1 is 1.00 bits per heavy atom. The van der Waals surface area contributed by atoms with Crippen LogP contribution in [0.5, 0.6) is 5.75 Å². The Balaban J connectivity index is 0.00000385. The first-order valence-electron chi connectivity index (χ1n) is 10.9. The maximum absolute atomic E-state index is 9.49. The van der Waals surface area contributed by atoms with Crippen molar-refractivity contribution < 1.29 is 9.84 Å². The molecule has 0 aliphatic carbocycles. The van der Waals surface area contributed by atoms with Crippen LogP contribution in [0.2, 0.25) is 5.02 Å². The highest BCUT2D eigenvalue weighted by Crippen LogP contribution is 2.33. The van der Waals surface area contributed by atoms with Crippen molar-refractivity contribution in [1.29, 1.82) is 0 Å². The van der Waals surface area contributed by atoms with E-state index >= 15 is 0 Å². The van der Waals surface area contributed by atoms with E-state index in [-0.39, 0.29) is 19.0 Å². The summed E-state index contributed by atoms with van der Waals surface area (Å²) in [5, 5.41) is 10.3. The summed E-state index contributed by atoms with van der Waals surface area (Å²) in [6.07, 6.45) is 3.32. The van der Waals surface area contributed by atoms with Gasteiger partial charge in [-0.25, -0.2) is 0 Å². The number of hydrogen-bond acceptors (Lipinski definition) is 4. The van der Waals surface area contributed by atoms with Crippen molar-refractivity contribution in [3.05, 3.63) is 100 Å². The Labute approximate surface area is 212 Å². The molecule has 0 amide bonds. The zero-order valence-corrected chi connectivity index (χ0v) is 21.2. The molecule has 33 heavy (non-hydrogen) atoms. The van der Waals surface area contributed by atoms with Crippen LogP contribution >= 0.6 is 35.8 Å². The van der Waals surface area contributed by atoms with Crippen LogP contribution in [0.15, 0.2) is 93.9 Å². The molecule has 0 aliphatic rings. The molecule has 0 radical (unpaired) electrons. The average Bonchev–Trinajstić information content (AvgIpc) is 2.82. The molecular weight excluding hydrogens is 473 g/mol. The van der Waals surface area contributed by atoms with Crippen molar-refractivity contribution in [2.75, 3.05) is 6.61 Å². The lowest BCUT2D eigenvalue weighted by molar-refractivity contribution is 0.305. The number of allylic oxidation sites excluding steroid dienone is 1. The van der Waals surface area contributed by atoms with Gasteiger partial charge in [-0.2, -0.15) is 0 Å². The van der Waals surface area contributed by atoms with E-state index in [4.69, 9.17) is 22.1 Å². The Hall–Kier alpha value is -2.11. The molecule has 3 nitrogen and oxygen atoms in total. The summed E-state index contributed by atoms with van der Waals surface area (Å²) in [5.74, 6) is 0.848. The number of ether oxygens (including phenoxy) is 1. The van der Waals surface area contributed by atoms with Gasteiger partial charge in [0.15, 0.2) is 0 Å². The van der Waals surface area contributed by atoms with Gasteiger partial charge in [-0.05, 0) is 72.7 Å². The van der Waals surface area contributed by atoms with E-state index in [9.17, 15) is 5.11 Å². The topological polar surface area (TPSA) is 55.5 Å². The number of aliphatic hydroxyl groups is 1. The normalized spacial score (nSPS) is 11.5. The van der Waals surface area contributed by atoms with Crippen molar-refractivity contribution >= 4 is 35.8 Å². The van der Waals surface area contributed by atoms with Crippen LogP contribution in [0.4, 0.5) is 0 Å². The van der Waals surface area contributed by atoms with E-state index in [2.05, 4.69) is 36.4 Å². The minimum Gasteiger partial charge on any atom is -0.489 e. The second-order valence-corrected chi connectivity index (χ2v) is 9.15. The summed E-state index contributed by atoms with van der Waals surface area (Å²) in [5.41, 5.74) is 9.96. The molecular formula is C27H31Cl2NO2S. The number of aryl methyl sites for hydroxylation is 1. The van der Waals surface area contributed by atoms with Crippen LogP contribution in [0.3, 0.4) is 0 Å². The Bertz CT molecular complexity index is 1040. The fourth-order valence-electron chi connectivity index (χ4n) is 3.38. The lowest BCUT2D eigenvalue weighted by Crippen LogP contribution is -2.05. The first-order valence-corrected chi connectivity index (χ1v) is 12.1. The Kier molecular flexibility index (Phi) is 11.7. The van der Waals surface area contributed by atoms with Gasteiger partial charge < -0.3 is 15.6 Å². The molecule has 0 saturated carbocycles. The van der Waals surface area contributed by atoms with Crippen LogP contribution in [-0.4, -0.2) is 11.7 Å². The molecule has 176 valence electrons. The standard InChI is InChI=1S/C27H30ClNO2S.ClH/c1-2-27(29)22(18-30)11-6-10-21-14-15-25(17-26(21)28)32-24-13-7-12-23(16-24)31-19-20-8-4-3-5-9-20;/h3-5,7-9,12-17,30H,2,6,10-11,18-19,29H2,1H3;1H. The molecule has 0 saturated heterocycles. The van der Waals surface area contributed by atoms with Crippen LogP contribution in [-0.2, 0) is 13.0 Å². The van der Waals surface area contributed by atoms with Crippen molar-refractivity contribution in [1.82, 2.24) is 0 Å². The molecule has 0 heterocycles. The van der Waals surface area contributed by atoms with Gasteiger partial charge >= 0.3 is 0 Å². The predicted molar refractivity (Wildman–Crippen MR) is 142 cm³/mol. The van der Waals surface area contributed by atoms with Gasteiger partial charge in [-0.1, -0.05) is 72.8 Å². The highest BCUT2D eigenvalue weighted by molar-refractivity contribution is 7.99. The summed E-state index contributed by atoms with van der Waals surface area (Å²) in [7, 11) is 0. The van der Waals surface area contributed by atoms with Crippen molar-refractivity contribution in [2.24, 2.45) is 5.73 Å². The monoisotopic (exact) mass is 503 g/mol. The number of hydrogen-bond donors (Lipinski definition) is 2. The molecule has 0 fully saturated rings. The van der Waals surface area contributed by atoms with E-state index in [1.807, 2.05) is 43.3 Å². The van der Waals surface area contributed by atoms with Gasteiger partial charge in [0.1, 0.15) is 12.4 Å². The van der Waals surface area contributed by atoms with E-state index in [0.717, 1.165) is 68.6 Å². The fourth-order valence-corrected chi connectivity index (χ4v) is 4.63. The van der Waals surface area contributed by atoms with Crippen LogP contribution < -0.4 is 10.5 Å². The van der Waals surface area contributed by atoms with Crippen molar-refractivity contribution in [3.8, 4) is 5.75 Å². The molecule has 3 N–H and O–H groups in total. The number of aliphatic hydroxyl groups excluding tert-OH is 1. The molecule has 6 heteroatoms. The van der Waals surface area contributed by atoms with E-state index < -0.39 is 0 Å². The maximum Gasteiger partial charge on any atom is 0.120 e. The molecule has 0 bridgehead atoms. The minimum absolute atomic E-state index is 0. The lowest BCUT2D eigenvalue weighted by atomic mass is 10.0. The molecule has 3 rings (SSSR count). The molecule has 0 aromatic heterocycles. The number of benzene rings is 3. The van der Waals surface area contributed by atoms with Gasteiger partial charge in [0.05, 0.1) is 6.61 Å². The first kappa shape index (κ1) is 27.1. The third kappa shape index (κ3) is 8.63. The largest absolute Gasteiger partial charge is 0.489 e. The van der Waals surface area contributed by atoms with Crippen molar-refractivity contribution in [3.63, 3.8) is 0 Å². The molecule has 0 unspecified atom stereocenters. The van der Waals surface area contributed by atoms with E-state index in [1.165, 1.54) is 0 Å². The first-order chi connectivity index (χ1) is 15.6. The highest BCUT2D eigenvalue weighted by atomic mass is 35.5. The SMILES string of the molecule is CCC(N)=C(CO)CCCc1ccc(Sc2cccc(OCc3ccccc3)c2)cc1Cl.Cl. The minimum atomic E-state index is 0. The van der Waals surface area contributed by atoms with E-state index in [0.29, 0.717) is 6.61 Å². The van der Waals surface area contributed by atoms with Gasteiger partial charge in [-0.15, -0.1) is 12.4 Å². The predicted octanol–water partition coefficient (Wildman–Crippen LogP) is 7.43. The molecule has 0 atom stereocenters. The maximum atomic E-state index is 9.49.